The van der Waals surface area contributed by atoms with E-state index in [-0.39, 0.29) is 6.15 Å². The molecule has 0 aromatic carbocycles. The summed E-state index contributed by atoms with van der Waals surface area (Å²) in [5, 5.41) is 0. The van der Waals surface area contributed by atoms with Crippen molar-refractivity contribution >= 4 is 0 Å². The highest BCUT2D eigenvalue weighted by Gasteiger charge is 1.76. The number of allylic oxidation sites excluding steroid dienone is 1. The van der Waals surface area contributed by atoms with Crippen LogP contribution in [-0.4, -0.2) is 0 Å². The molecule has 0 aromatic heterocycles. The Kier molecular flexibility index (Phi) is 7.63. The third-order valence-corrected chi connectivity index (χ3v) is 0.496. The van der Waals surface area contributed by atoms with Gasteiger partial charge in [0.25, 0.3) is 0 Å². The van der Waals surface area contributed by atoms with Gasteiger partial charge in [0.15, 0.2) is 0 Å². The summed E-state index contributed by atoms with van der Waals surface area (Å²) < 4.78 is 0. The van der Waals surface area contributed by atoms with Gasteiger partial charge in [0.05, 0.1) is 0 Å². The van der Waals surface area contributed by atoms with Gasteiger partial charge in [-0.1, -0.05) is 19.9 Å². The molecule has 0 aromatic rings. The minimum Gasteiger partial charge on any atom is -0.405 e. The molecule has 0 amide bonds. The van der Waals surface area contributed by atoms with E-state index in [1.807, 2.05) is 6.08 Å². The molecule has 0 rings (SSSR count). The topological polar surface area (TPSA) is 61.0 Å². The SMILES string of the molecule is CC(C)/C=C\N.N. The van der Waals surface area contributed by atoms with E-state index in [0.717, 1.165) is 0 Å². The van der Waals surface area contributed by atoms with Crippen LogP contribution in [0.5, 0.6) is 0 Å². The van der Waals surface area contributed by atoms with E-state index < -0.39 is 0 Å². The molecular formula is C5H14N2. The van der Waals surface area contributed by atoms with E-state index in [2.05, 4.69) is 13.8 Å². The predicted molar refractivity (Wildman–Crippen MR) is 33.2 cm³/mol. The average molecular weight is 102 g/mol. The Balaban J connectivity index is 0. The maximum absolute atomic E-state index is 5.05. The maximum atomic E-state index is 5.05. The lowest BCUT2D eigenvalue weighted by Gasteiger charge is -1.86. The van der Waals surface area contributed by atoms with Crippen LogP contribution in [0.3, 0.4) is 0 Å². The van der Waals surface area contributed by atoms with Crippen molar-refractivity contribution in [3.8, 4) is 0 Å². The first kappa shape index (κ1) is 9.71. The van der Waals surface area contributed by atoms with Crippen LogP contribution in [-0.2, 0) is 0 Å². The van der Waals surface area contributed by atoms with E-state index in [1.54, 1.807) is 6.20 Å². The van der Waals surface area contributed by atoms with Crippen LogP contribution in [0.15, 0.2) is 12.3 Å². The third-order valence-electron chi connectivity index (χ3n) is 0.496. The van der Waals surface area contributed by atoms with Crippen LogP contribution in [0.4, 0.5) is 0 Å². The summed E-state index contributed by atoms with van der Waals surface area (Å²) in [4.78, 5) is 0. The summed E-state index contributed by atoms with van der Waals surface area (Å²) >= 11 is 0. The molecule has 0 unspecified atom stereocenters. The quantitative estimate of drug-likeness (QED) is 0.523. The first-order valence-electron chi connectivity index (χ1n) is 2.15. The zero-order chi connectivity index (χ0) is 4.99. The lowest BCUT2D eigenvalue weighted by molar-refractivity contribution is 0.829. The highest BCUT2D eigenvalue weighted by molar-refractivity contribution is 4.78. The highest BCUT2D eigenvalue weighted by Crippen LogP contribution is 1.88. The Morgan fingerprint density at radius 2 is 1.86 bits per heavy atom. The Labute approximate surface area is 45.0 Å². The Morgan fingerprint density at radius 3 is 1.86 bits per heavy atom. The number of hydrogen-bond donors (Lipinski definition) is 2. The van der Waals surface area contributed by atoms with Crippen molar-refractivity contribution in [2.24, 2.45) is 11.7 Å². The first-order valence-corrected chi connectivity index (χ1v) is 2.15. The molecule has 0 saturated carbocycles. The van der Waals surface area contributed by atoms with Crippen molar-refractivity contribution in [2.45, 2.75) is 13.8 Å². The van der Waals surface area contributed by atoms with Gasteiger partial charge in [0, 0.05) is 0 Å². The van der Waals surface area contributed by atoms with Crippen molar-refractivity contribution in [2.75, 3.05) is 0 Å². The second kappa shape index (κ2) is 5.50. The maximum Gasteiger partial charge on any atom is -0.0100 e. The minimum absolute atomic E-state index is 0. The summed E-state index contributed by atoms with van der Waals surface area (Å²) in [5.41, 5.74) is 5.05. The summed E-state index contributed by atoms with van der Waals surface area (Å²) in [6.45, 7) is 4.17. The molecule has 0 heterocycles. The zero-order valence-electron chi connectivity index (χ0n) is 5.02. The summed E-state index contributed by atoms with van der Waals surface area (Å²) in [5.74, 6) is 0.593. The molecule has 0 radical (unpaired) electrons. The van der Waals surface area contributed by atoms with Crippen molar-refractivity contribution in [1.29, 1.82) is 0 Å². The molecule has 0 atom stereocenters. The van der Waals surface area contributed by atoms with Gasteiger partial charge < -0.3 is 11.9 Å². The van der Waals surface area contributed by atoms with Crippen molar-refractivity contribution < 1.29 is 0 Å². The number of rotatable bonds is 1. The molecule has 0 aliphatic heterocycles. The molecule has 0 fully saturated rings. The fourth-order valence-corrected chi connectivity index (χ4v) is 0.222. The van der Waals surface area contributed by atoms with Gasteiger partial charge in [0.1, 0.15) is 0 Å². The Morgan fingerprint density at radius 1 is 1.43 bits per heavy atom. The number of hydrogen-bond acceptors (Lipinski definition) is 2. The second-order valence-electron chi connectivity index (χ2n) is 1.63. The highest BCUT2D eigenvalue weighted by atomic mass is 14.5. The lowest BCUT2D eigenvalue weighted by Crippen LogP contribution is -1.81. The van der Waals surface area contributed by atoms with Crippen LogP contribution >= 0.6 is 0 Å². The predicted octanol–water partition coefficient (Wildman–Crippen LogP) is 1.28. The van der Waals surface area contributed by atoms with Crippen molar-refractivity contribution in [3.05, 3.63) is 12.3 Å². The third kappa shape index (κ3) is 10.8. The van der Waals surface area contributed by atoms with Crippen molar-refractivity contribution in [3.63, 3.8) is 0 Å². The van der Waals surface area contributed by atoms with Gasteiger partial charge in [0.2, 0.25) is 0 Å². The second-order valence-corrected chi connectivity index (χ2v) is 1.63. The first-order chi connectivity index (χ1) is 2.77. The van der Waals surface area contributed by atoms with Crippen LogP contribution in [0, 0.1) is 5.92 Å². The van der Waals surface area contributed by atoms with Crippen LogP contribution in [0.25, 0.3) is 0 Å². The Bertz CT molecular complexity index is 48.0. The monoisotopic (exact) mass is 102 g/mol. The number of nitrogens with two attached hydrogens (primary N) is 1. The molecular weight excluding hydrogens is 88.1 g/mol. The van der Waals surface area contributed by atoms with Gasteiger partial charge in [-0.25, -0.2) is 0 Å². The molecule has 0 spiro atoms. The summed E-state index contributed by atoms with van der Waals surface area (Å²) in [6.07, 6.45) is 3.52. The normalized spacial score (nSPS) is 9.57. The largest absolute Gasteiger partial charge is 0.405 e. The average Bonchev–Trinajstić information content (AvgIpc) is 1.35. The van der Waals surface area contributed by atoms with Crippen LogP contribution in [0.1, 0.15) is 13.8 Å². The van der Waals surface area contributed by atoms with E-state index >= 15 is 0 Å². The van der Waals surface area contributed by atoms with E-state index in [0.29, 0.717) is 5.92 Å². The summed E-state index contributed by atoms with van der Waals surface area (Å²) in [6, 6.07) is 0. The molecule has 2 nitrogen and oxygen atoms in total. The van der Waals surface area contributed by atoms with Gasteiger partial charge >= 0.3 is 0 Å². The minimum atomic E-state index is 0. The standard InChI is InChI=1S/C5H11N.H3N/c1-5(2)3-4-6;/h3-5H,6H2,1-2H3;1H3/b4-3-;. The molecule has 0 bridgehead atoms. The molecule has 0 saturated heterocycles. The lowest BCUT2D eigenvalue weighted by atomic mass is 10.2. The van der Waals surface area contributed by atoms with Crippen molar-refractivity contribution in [1.82, 2.24) is 6.15 Å². The van der Waals surface area contributed by atoms with Gasteiger partial charge in [-0.15, -0.1) is 0 Å². The Hall–Kier alpha value is -0.500. The molecule has 0 aliphatic carbocycles. The fourth-order valence-electron chi connectivity index (χ4n) is 0.222. The fraction of sp³-hybridized carbons (Fsp3) is 0.600. The van der Waals surface area contributed by atoms with Gasteiger partial charge in [-0.05, 0) is 12.1 Å². The molecule has 44 valence electrons. The van der Waals surface area contributed by atoms with E-state index in [4.69, 9.17) is 5.73 Å². The van der Waals surface area contributed by atoms with Crippen LogP contribution < -0.4 is 11.9 Å². The molecule has 7 heavy (non-hydrogen) atoms. The van der Waals surface area contributed by atoms with E-state index in [1.165, 1.54) is 0 Å². The summed E-state index contributed by atoms with van der Waals surface area (Å²) in [7, 11) is 0. The van der Waals surface area contributed by atoms with E-state index in [9.17, 15) is 0 Å². The zero-order valence-corrected chi connectivity index (χ0v) is 5.02. The van der Waals surface area contributed by atoms with Crippen LogP contribution in [0.2, 0.25) is 0 Å². The molecule has 0 aliphatic rings. The molecule has 2 heteroatoms. The van der Waals surface area contributed by atoms with Gasteiger partial charge in [-0.2, -0.15) is 0 Å². The molecule has 5 N–H and O–H groups in total. The smallest absolute Gasteiger partial charge is 0.0100 e. The van der Waals surface area contributed by atoms with Gasteiger partial charge in [-0.3, -0.25) is 0 Å².